The molecule has 0 aromatic heterocycles. The van der Waals surface area contributed by atoms with E-state index in [2.05, 4.69) is 5.32 Å². The summed E-state index contributed by atoms with van der Waals surface area (Å²) >= 11 is 0. The van der Waals surface area contributed by atoms with Crippen LogP contribution in [0.25, 0.3) is 0 Å². The maximum atomic E-state index is 13.1. The molecule has 0 radical (unpaired) electrons. The van der Waals surface area contributed by atoms with Crippen molar-refractivity contribution >= 4 is 17.6 Å². The van der Waals surface area contributed by atoms with E-state index in [1.165, 1.54) is 37.3 Å². The molecule has 1 amide bonds. The number of rotatable bonds is 4. The van der Waals surface area contributed by atoms with E-state index in [0.29, 0.717) is 5.56 Å². The van der Waals surface area contributed by atoms with Gasteiger partial charge in [-0.25, -0.2) is 9.18 Å². The van der Waals surface area contributed by atoms with Gasteiger partial charge in [0, 0.05) is 5.69 Å². The minimum Gasteiger partial charge on any atom is -0.449 e. The number of ether oxygens (including phenoxy) is 1. The van der Waals surface area contributed by atoms with Crippen molar-refractivity contribution in [3.63, 3.8) is 0 Å². The van der Waals surface area contributed by atoms with Gasteiger partial charge in [-0.2, -0.15) is 5.26 Å². The zero-order valence-electron chi connectivity index (χ0n) is 12.2. The van der Waals surface area contributed by atoms with Crippen molar-refractivity contribution in [2.24, 2.45) is 0 Å². The fraction of sp³-hybridized carbons (Fsp3) is 0.118. The molecule has 5 nitrogen and oxygen atoms in total. The molecule has 6 heteroatoms. The number of esters is 1. The molecule has 2 aromatic rings. The van der Waals surface area contributed by atoms with Crippen LogP contribution in [0.3, 0.4) is 0 Å². The van der Waals surface area contributed by atoms with E-state index in [4.69, 9.17) is 10.00 Å². The number of hydrogen-bond donors (Lipinski definition) is 1. The second-order valence-corrected chi connectivity index (χ2v) is 4.74. The van der Waals surface area contributed by atoms with Gasteiger partial charge in [-0.1, -0.05) is 12.1 Å². The van der Waals surface area contributed by atoms with E-state index < -0.39 is 23.8 Å². The SMILES string of the molecule is C[C@H](OC(=O)c1cccc(C#N)c1)C(=O)Nc1cccc(F)c1. The molecule has 0 unspecified atom stereocenters. The second-order valence-electron chi connectivity index (χ2n) is 4.74. The summed E-state index contributed by atoms with van der Waals surface area (Å²) in [5, 5.41) is 11.3. The lowest BCUT2D eigenvalue weighted by molar-refractivity contribution is -0.123. The maximum Gasteiger partial charge on any atom is 0.338 e. The Bertz CT molecular complexity index is 783. The van der Waals surface area contributed by atoms with Crippen LogP contribution in [0, 0.1) is 17.1 Å². The van der Waals surface area contributed by atoms with Gasteiger partial charge in [-0.15, -0.1) is 0 Å². The molecule has 2 aromatic carbocycles. The van der Waals surface area contributed by atoms with Crippen LogP contribution in [0.4, 0.5) is 10.1 Å². The van der Waals surface area contributed by atoms with Crippen LogP contribution in [0.1, 0.15) is 22.8 Å². The number of hydrogen-bond acceptors (Lipinski definition) is 4. The van der Waals surface area contributed by atoms with Gasteiger partial charge in [0.15, 0.2) is 6.10 Å². The third-order valence-corrected chi connectivity index (χ3v) is 2.97. The fourth-order valence-electron chi connectivity index (χ4n) is 1.81. The van der Waals surface area contributed by atoms with Crippen LogP contribution in [0.5, 0.6) is 0 Å². The molecular weight excluding hydrogens is 299 g/mol. The van der Waals surface area contributed by atoms with E-state index in [1.54, 1.807) is 12.1 Å². The normalized spacial score (nSPS) is 11.2. The number of nitriles is 1. The van der Waals surface area contributed by atoms with E-state index in [9.17, 15) is 14.0 Å². The van der Waals surface area contributed by atoms with Crippen molar-refractivity contribution in [3.05, 3.63) is 65.5 Å². The minimum absolute atomic E-state index is 0.175. The van der Waals surface area contributed by atoms with Crippen LogP contribution in [0.15, 0.2) is 48.5 Å². The average Bonchev–Trinajstić information content (AvgIpc) is 2.54. The highest BCUT2D eigenvalue weighted by Gasteiger charge is 2.19. The van der Waals surface area contributed by atoms with Crippen LogP contribution in [-0.4, -0.2) is 18.0 Å². The van der Waals surface area contributed by atoms with E-state index in [-0.39, 0.29) is 11.3 Å². The first-order chi connectivity index (χ1) is 11.0. The topological polar surface area (TPSA) is 79.2 Å². The Kier molecular flexibility index (Phi) is 5.05. The van der Waals surface area contributed by atoms with Gasteiger partial charge in [0.05, 0.1) is 17.2 Å². The third-order valence-electron chi connectivity index (χ3n) is 2.97. The summed E-state index contributed by atoms with van der Waals surface area (Å²) in [4.78, 5) is 23.9. The first-order valence-electron chi connectivity index (χ1n) is 6.77. The van der Waals surface area contributed by atoms with Crippen molar-refractivity contribution in [2.75, 3.05) is 5.32 Å². The molecule has 1 N–H and O–H groups in total. The molecule has 0 fully saturated rings. The van der Waals surface area contributed by atoms with Gasteiger partial charge >= 0.3 is 5.97 Å². The molecule has 0 aliphatic rings. The third kappa shape index (κ3) is 4.38. The Hall–Kier alpha value is -3.20. The van der Waals surface area contributed by atoms with E-state index >= 15 is 0 Å². The summed E-state index contributed by atoms with van der Waals surface area (Å²) in [6.45, 7) is 1.40. The first kappa shape index (κ1) is 16.2. The van der Waals surface area contributed by atoms with Crippen LogP contribution >= 0.6 is 0 Å². The second kappa shape index (κ2) is 7.18. The van der Waals surface area contributed by atoms with E-state index in [0.717, 1.165) is 6.07 Å². The van der Waals surface area contributed by atoms with Gasteiger partial charge < -0.3 is 10.1 Å². The highest BCUT2D eigenvalue weighted by molar-refractivity contribution is 5.97. The zero-order chi connectivity index (χ0) is 16.8. The molecule has 23 heavy (non-hydrogen) atoms. The lowest BCUT2D eigenvalue weighted by Gasteiger charge is -2.13. The van der Waals surface area contributed by atoms with Crippen LogP contribution in [-0.2, 0) is 9.53 Å². The number of benzene rings is 2. The molecule has 1 atom stereocenters. The molecule has 0 saturated carbocycles. The molecule has 116 valence electrons. The molecule has 0 saturated heterocycles. The minimum atomic E-state index is -1.07. The standard InChI is InChI=1S/C17H13FN2O3/c1-11(16(21)20-15-7-3-6-14(18)9-15)23-17(22)13-5-2-4-12(8-13)10-19/h2-9,11H,1H3,(H,20,21)/t11-/m0/s1. The summed E-state index contributed by atoms with van der Waals surface area (Å²) in [5.41, 5.74) is 0.759. The number of anilines is 1. The predicted octanol–water partition coefficient (Wildman–Crippen LogP) is 2.88. The predicted molar refractivity (Wildman–Crippen MR) is 81.1 cm³/mol. The number of carbonyl (C=O) groups is 2. The van der Waals surface area contributed by atoms with Crippen molar-refractivity contribution in [2.45, 2.75) is 13.0 Å². The Morgan fingerprint density at radius 3 is 2.65 bits per heavy atom. The van der Waals surface area contributed by atoms with Gasteiger partial charge in [-0.3, -0.25) is 4.79 Å². The lowest BCUT2D eigenvalue weighted by Crippen LogP contribution is -2.30. The van der Waals surface area contributed by atoms with Crippen molar-refractivity contribution in [1.82, 2.24) is 0 Å². The number of nitrogens with one attached hydrogen (secondary N) is 1. The zero-order valence-corrected chi connectivity index (χ0v) is 12.2. The van der Waals surface area contributed by atoms with Gasteiger partial charge in [0.1, 0.15) is 5.82 Å². The van der Waals surface area contributed by atoms with Crippen molar-refractivity contribution in [1.29, 1.82) is 5.26 Å². The Morgan fingerprint density at radius 1 is 1.22 bits per heavy atom. The molecule has 0 heterocycles. The first-order valence-corrected chi connectivity index (χ1v) is 6.77. The Labute approximate surface area is 132 Å². The number of nitrogens with zero attached hydrogens (tertiary/aromatic N) is 1. The van der Waals surface area contributed by atoms with Crippen molar-refractivity contribution < 1.29 is 18.7 Å². The maximum absolute atomic E-state index is 13.1. The smallest absolute Gasteiger partial charge is 0.338 e. The van der Waals surface area contributed by atoms with Gasteiger partial charge in [0.2, 0.25) is 0 Å². The number of halogens is 1. The molecule has 0 aliphatic heterocycles. The highest BCUT2D eigenvalue weighted by atomic mass is 19.1. The summed E-state index contributed by atoms with van der Waals surface area (Å²) in [5.74, 6) is -1.79. The van der Waals surface area contributed by atoms with Crippen molar-refractivity contribution in [3.8, 4) is 6.07 Å². The number of carbonyl (C=O) groups excluding carboxylic acids is 2. The summed E-state index contributed by atoms with van der Waals surface area (Å²) in [6.07, 6.45) is -1.07. The largest absolute Gasteiger partial charge is 0.449 e. The quantitative estimate of drug-likeness (QED) is 0.880. The van der Waals surface area contributed by atoms with Crippen LogP contribution < -0.4 is 5.32 Å². The monoisotopic (exact) mass is 312 g/mol. The average molecular weight is 312 g/mol. The number of amides is 1. The molecule has 0 aliphatic carbocycles. The molecular formula is C17H13FN2O3. The Morgan fingerprint density at radius 2 is 1.96 bits per heavy atom. The Balaban J connectivity index is 2.00. The fourth-order valence-corrected chi connectivity index (χ4v) is 1.81. The van der Waals surface area contributed by atoms with E-state index in [1.807, 2.05) is 6.07 Å². The van der Waals surface area contributed by atoms with Gasteiger partial charge in [-0.05, 0) is 43.3 Å². The van der Waals surface area contributed by atoms with Gasteiger partial charge in [0.25, 0.3) is 5.91 Å². The van der Waals surface area contributed by atoms with Crippen LogP contribution in [0.2, 0.25) is 0 Å². The molecule has 0 bridgehead atoms. The summed E-state index contributed by atoms with van der Waals surface area (Å²) in [7, 11) is 0. The lowest BCUT2D eigenvalue weighted by atomic mass is 10.1. The molecule has 0 spiro atoms. The summed E-state index contributed by atoms with van der Waals surface area (Å²) in [6, 6.07) is 13.3. The molecule has 2 rings (SSSR count). The highest BCUT2D eigenvalue weighted by Crippen LogP contribution is 2.11. The summed E-state index contributed by atoms with van der Waals surface area (Å²) < 4.78 is 18.1.